The number of nitrogens with zero attached hydrogens (tertiary/aromatic N) is 1. The zero-order valence-electron chi connectivity index (χ0n) is 8.40. The van der Waals surface area contributed by atoms with Crippen LogP contribution in [0.15, 0.2) is 42.7 Å². The third-order valence-corrected chi connectivity index (χ3v) is 3.11. The van der Waals surface area contributed by atoms with E-state index in [-0.39, 0.29) is 6.04 Å². The van der Waals surface area contributed by atoms with E-state index in [1.54, 1.807) is 24.5 Å². The first kappa shape index (κ1) is 11.4. The van der Waals surface area contributed by atoms with Gasteiger partial charge in [0.15, 0.2) is 0 Å². The molecule has 1 aromatic carbocycles. The SMILES string of the molecule is NC(c1ccncc1)c1ccc(Cl)c(Cl)c1. The number of rotatable bonds is 2. The Morgan fingerprint density at radius 3 is 2.25 bits per heavy atom. The number of benzene rings is 1. The summed E-state index contributed by atoms with van der Waals surface area (Å²) in [7, 11) is 0. The molecule has 0 aliphatic rings. The largest absolute Gasteiger partial charge is 0.320 e. The van der Waals surface area contributed by atoms with Crippen LogP contribution in [0, 0.1) is 0 Å². The topological polar surface area (TPSA) is 38.9 Å². The number of nitrogens with two attached hydrogens (primary N) is 1. The highest BCUT2D eigenvalue weighted by atomic mass is 35.5. The van der Waals surface area contributed by atoms with Crippen LogP contribution < -0.4 is 5.73 Å². The average Bonchev–Trinajstić information content (AvgIpc) is 2.33. The fourth-order valence-electron chi connectivity index (χ4n) is 1.47. The van der Waals surface area contributed by atoms with E-state index in [4.69, 9.17) is 28.9 Å². The van der Waals surface area contributed by atoms with Gasteiger partial charge in [0.05, 0.1) is 16.1 Å². The van der Waals surface area contributed by atoms with Crippen LogP contribution in [0.4, 0.5) is 0 Å². The fraction of sp³-hybridized carbons (Fsp3) is 0.0833. The molecule has 4 heteroatoms. The van der Waals surface area contributed by atoms with Gasteiger partial charge in [0.2, 0.25) is 0 Å². The van der Waals surface area contributed by atoms with Gasteiger partial charge in [-0.2, -0.15) is 0 Å². The van der Waals surface area contributed by atoms with Gasteiger partial charge in [-0.3, -0.25) is 4.98 Å². The summed E-state index contributed by atoms with van der Waals surface area (Å²) < 4.78 is 0. The number of pyridine rings is 1. The third-order valence-electron chi connectivity index (χ3n) is 2.37. The quantitative estimate of drug-likeness (QED) is 0.890. The van der Waals surface area contributed by atoms with Crippen molar-refractivity contribution in [1.82, 2.24) is 4.98 Å². The molecule has 0 saturated carbocycles. The number of aromatic nitrogens is 1. The van der Waals surface area contributed by atoms with Crippen molar-refractivity contribution in [3.05, 3.63) is 63.9 Å². The van der Waals surface area contributed by atoms with Crippen LogP contribution in [0.3, 0.4) is 0 Å². The summed E-state index contributed by atoms with van der Waals surface area (Å²) in [6.07, 6.45) is 3.43. The normalized spacial score (nSPS) is 12.4. The molecule has 0 amide bonds. The third kappa shape index (κ3) is 2.35. The number of halogens is 2. The van der Waals surface area contributed by atoms with Gasteiger partial charge in [-0.25, -0.2) is 0 Å². The number of hydrogen-bond acceptors (Lipinski definition) is 2. The predicted molar refractivity (Wildman–Crippen MR) is 66.7 cm³/mol. The molecule has 1 atom stereocenters. The van der Waals surface area contributed by atoms with Crippen LogP contribution in [0.2, 0.25) is 10.0 Å². The Morgan fingerprint density at radius 2 is 1.62 bits per heavy atom. The lowest BCUT2D eigenvalue weighted by Crippen LogP contribution is -2.11. The lowest BCUT2D eigenvalue weighted by atomic mass is 10.0. The van der Waals surface area contributed by atoms with E-state index in [0.29, 0.717) is 10.0 Å². The molecule has 0 fully saturated rings. The highest BCUT2D eigenvalue weighted by Gasteiger charge is 2.09. The van der Waals surface area contributed by atoms with Crippen molar-refractivity contribution in [2.75, 3.05) is 0 Å². The molecule has 0 saturated heterocycles. The minimum atomic E-state index is -0.210. The van der Waals surface area contributed by atoms with Gasteiger partial charge in [0, 0.05) is 12.4 Å². The molecule has 1 unspecified atom stereocenters. The van der Waals surface area contributed by atoms with Crippen molar-refractivity contribution in [2.45, 2.75) is 6.04 Å². The van der Waals surface area contributed by atoms with E-state index < -0.39 is 0 Å². The Labute approximate surface area is 104 Å². The molecule has 0 aliphatic carbocycles. The summed E-state index contributed by atoms with van der Waals surface area (Å²) in [4.78, 5) is 3.95. The average molecular weight is 253 g/mol. The van der Waals surface area contributed by atoms with E-state index in [1.807, 2.05) is 18.2 Å². The Morgan fingerprint density at radius 1 is 0.938 bits per heavy atom. The van der Waals surface area contributed by atoms with E-state index in [2.05, 4.69) is 4.98 Å². The molecular formula is C12H10Cl2N2. The van der Waals surface area contributed by atoms with Crippen molar-refractivity contribution in [2.24, 2.45) is 5.73 Å². The van der Waals surface area contributed by atoms with Crippen LogP contribution in [-0.4, -0.2) is 4.98 Å². The highest BCUT2D eigenvalue weighted by Crippen LogP contribution is 2.27. The van der Waals surface area contributed by atoms with Gasteiger partial charge >= 0.3 is 0 Å². The number of hydrogen-bond donors (Lipinski definition) is 1. The zero-order valence-corrected chi connectivity index (χ0v) is 9.91. The van der Waals surface area contributed by atoms with Crippen LogP contribution in [0.25, 0.3) is 0 Å². The van der Waals surface area contributed by atoms with Crippen molar-refractivity contribution in [3.8, 4) is 0 Å². The first-order valence-electron chi connectivity index (χ1n) is 4.79. The molecule has 1 heterocycles. The van der Waals surface area contributed by atoms with Gasteiger partial charge in [-0.1, -0.05) is 29.3 Å². The lowest BCUT2D eigenvalue weighted by molar-refractivity contribution is 0.868. The van der Waals surface area contributed by atoms with E-state index in [1.165, 1.54) is 0 Å². The second-order valence-electron chi connectivity index (χ2n) is 3.43. The predicted octanol–water partition coefficient (Wildman–Crippen LogP) is 3.44. The second kappa shape index (κ2) is 4.83. The molecule has 0 radical (unpaired) electrons. The van der Waals surface area contributed by atoms with Crippen molar-refractivity contribution < 1.29 is 0 Å². The van der Waals surface area contributed by atoms with E-state index in [0.717, 1.165) is 11.1 Å². The minimum Gasteiger partial charge on any atom is -0.320 e. The van der Waals surface area contributed by atoms with Gasteiger partial charge in [0.25, 0.3) is 0 Å². The zero-order chi connectivity index (χ0) is 11.5. The molecule has 82 valence electrons. The summed E-state index contributed by atoms with van der Waals surface area (Å²) in [6, 6.07) is 8.97. The molecule has 2 nitrogen and oxygen atoms in total. The van der Waals surface area contributed by atoms with Crippen molar-refractivity contribution >= 4 is 23.2 Å². The molecule has 16 heavy (non-hydrogen) atoms. The van der Waals surface area contributed by atoms with Gasteiger partial charge in [0.1, 0.15) is 0 Å². The first-order valence-corrected chi connectivity index (χ1v) is 5.54. The molecule has 2 N–H and O–H groups in total. The van der Waals surface area contributed by atoms with Crippen LogP contribution in [0.1, 0.15) is 17.2 Å². The maximum absolute atomic E-state index is 6.11. The maximum atomic E-state index is 6.11. The Kier molecular flexibility index (Phi) is 3.44. The fourth-order valence-corrected chi connectivity index (χ4v) is 1.78. The van der Waals surface area contributed by atoms with Crippen LogP contribution in [0.5, 0.6) is 0 Å². The Bertz CT molecular complexity index is 486. The molecule has 0 spiro atoms. The van der Waals surface area contributed by atoms with E-state index >= 15 is 0 Å². The maximum Gasteiger partial charge on any atom is 0.0595 e. The summed E-state index contributed by atoms with van der Waals surface area (Å²) in [5.41, 5.74) is 8.03. The van der Waals surface area contributed by atoms with Crippen LogP contribution in [-0.2, 0) is 0 Å². The van der Waals surface area contributed by atoms with Crippen molar-refractivity contribution in [3.63, 3.8) is 0 Å². The molecule has 0 bridgehead atoms. The minimum absolute atomic E-state index is 0.210. The molecule has 0 aliphatic heterocycles. The summed E-state index contributed by atoms with van der Waals surface area (Å²) >= 11 is 11.8. The highest BCUT2D eigenvalue weighted by molar-refractivity contribution is 6.42. The standard InChI is InChI=1S/C12H10Cl2N2/c13-10-2-1-9(7-11(10)14)12(15)8-3-5-16-6-4-8/h1-7,12H,15H2. The molecule has 2 aromatic rings. The van der Waals surface area contributed by atoms with Gasteiger partial charge < -0.3 is 5.73 Å². The van der Waals surface area contributed by atoms with Gasteiger partial charge in [-0.05, 0) is 35.4 Å². The van der Waals surface area contributed by atoms with E-state index in [9.17, 15) is 0 Å². The monoisotopic (exact) mass is 252 g/mol. The summed E-state index contributed by atoms with van der Waals surface area (Å²) in [6.45, 7) is 0. The Balaban J connectivity index is 2.34. The van der Waals surface area contributed by atoms with Crippen LogP contribution >= 0.6 is 23.2 Å². The molecular weight excluding hydrogens is 243 g/mol. The lowest BCUT2D eigenvalue weighted by Gasteiger charge is -2.12. The smallest absolute Gasteiger partial charge is 0.0595 e. The Hall–Kier alpha value is -1.09. The second-order valence-corrected chi connectivity index (χ2v) is 4.25. The summed E-state index contributed by atoms with van der Waals surface area (Å²) in [5.74, 6) is 0. The van der Waals surface area contributed by atoms with Crippen molar-refractivity contribution in [1.29, 1.82) is 0 Å². The first-order chi connectivity index (χ1) is 7.68. The summed E-state index contributed by atoms with van der Waals surface area (Å²) in [5, 5.41) is 1.05. The molecule has 2 rings (SSSR count). The molecule has 1 aromatic heterocycles. The van der Waals surface area contributed by atoms with Gasteiger partial charge in [-0.15, -0.1) is 0 Å².